The van der Waals surface area contributed by atoms with Crippen molar-refractivity contribution in [3.8, 4) is 10.8 Å². The highest BCUT2D eigenvalue weighted by Crippen LogP contribution is 2.35. The average Bonchev–Trinajstić information content (AvgIpc) is 3.59. The molecule has 5 rings (SSSR count). The number of aryl methyl sites for hydroxylation is 1. The van der Waals surface area contributed by atoms with E-state index in [9.17, 15) is 19.5 Å². The molecule has 1 atom stereocenters. The number of fused-ring (bicyclic) bond motifs is 1. The van der Waals surface area contributed by atoms with E-state index < -0.39 is 28.9 Å². The van der Waals surface area contributed by atoms with E-state index in [1.54, 1.807) is 14.0 Å². The van der Waals surface area contributed by atoms with Crippen LogP contribution in [0, 0.1) is 6.92 Å². The van der Waals surface area contributed by atoms with Gasteiger partial charge >= 0.3 is 11.7 Å². The Morgan fingerprint density at radius 1 is 1.20 bits per heavy atom. The number of aliphatic carboxylic acids is 1. The van der Waals surface area contributed by atoms with Gasteiger partial charge in [-0.2, -0.15) is 10.2 Å². The summed E-state index contributed by atoms with van der Waals surface area (Å²) in [5.74, 6) is -0.717. The summed E-state index contributed by atoms with van der Waals surface area (Å²) in [5.41, 5.74) is -1.97. The molecule has 212 valence electrons. The Kier molecular flexibility index (Phi) is 7.62. The zero-order valence-electron chi connectivity index (χ0n) is 22.7. The maximum Gasteiger partial charge on any atom is 0.333 e. The van der Waals surface area contributed by atoms with Gasteiger partial charge in [0.1, 0.15) is 27.2 Å². The third-order valence-corrected chi connectivity index (χ3v) is 8.51. The van der Waals surface area contributed by atoms with Gasteiger partial charge in [0.15, 0.2) is 0 Å². The maximum atomic E-state index is 14.1. The standard InChI is InChI=1S/C27H31N5O7S/c1-16-21-22(33)31(27(2,3)25(34)35)26(36)30(24(21)40-23(16)32-28-11-12-29-32)15-20(39-17-9-13-38-14-10-17)18-7-5-6-8-19(18)37-4/h5-8,11-12,17,20H,9-10,13-15H2,1-4H3,(H,34,35)/t20-/m0/s1. The first kappa shape index (κ1) is 27.7. The molecular formula is C27H31N5O7S. The van der Waals surface area contributed by atoms with Gasteiger partial charge in [-0.15, -0.1) is 4.80 Å². The number of hydrogen-bond acceptors (Lipinski definition) is 9. The lowest BCUT2D eigenvalue weighted by atomic mass is 10.0. The number of carboxylic acid groups (broad SMARTS) is 1. The first-order valence-electron chi connectivity index (χ1n) is 12.9. The zero-order chi connectivity index (χ0) is 28.6. The topological polar surface area (TPSA) is 140 Å². The van der Waals surface area contributed by atoms with Crippen LogP contribution in [0.2, 0.25) is 0 Å². The number of rotatable bonds is 9. The second kappa shape index (κ2) is 11.0. The average molecular weight is 570 g/mol. The summed E-state index contributed by atoms with van der Waals surface area (Å²) in [6.45, 7) is 5.55. The Labute approximate surface area is 233 Å². The molecule has 0 amide bonds. The number of carbonyl (C=O) groups is 1. The lowest BCUT2D eigenvalue weighted by molar-refractivity contribution is -0.146. The molecule has 3 aromatic heterocycles. The van der Waals surface area contributed by atoms with Gasteiger partial charge < -0.3 is 19.3 Å². The summed E-state index contributed by atoms with van der Waals surface area (Å²) in [4.78, 5) is 41.9. The van der Waals surface area contributed by atoms with Gasteiger partial charge in [-0.1, -0.05) is 29.5 Å². The van der Waals surface area contributed by atoms with Crippen LogP contribution < -0.4 is 16.0 Å². The summed E-state index contributed by atoms with van der Waals surface area (Å²) in [7, 11) is 1.57. The molecule has 4 heterocycles. The van der Waals surface area contributed by atoms with Crippen molar-refractivity contribution >= 4 is 27.5 Å². The van der Waals surface area contributed by atoms with Gasteiger partial charge in [0, 0.05) is 24.3 Å². The van der Waals surface area contributed by atoms with E-state index in [0.717, 1.165) is 10.1 Å². The molecule has 1 aromatic carbocycles. The van der Waals surface area contributed by atoms with Crippen molar-refractivity contribution < 1.29 is 24.1 Å². The molecule has 12 nitrogen and oxygen atoms in total. The summed E-state index contributed by atoms with van der Waals surface area (Å²) >= 11 is 1.19. The van der Waals surface area contributed by atoms with Crippen LogP contribution in [0.1, 0.15) is 43.9 Å². The summed E-state index contributed by atoms with van der Waals surface area (Å²) in [5, 5.41) is 19.2. The Bertz CT molecular complexity index is 1650. The first-order chi connectivity index (χ1) is 19.1. The number of aromatic nitrogens is 5. The fourth-order valence-corrected chi connectivity index (χ4v) is 6.17. The number of nitrogens with zero attached hydrogens (tertiary/aromatic N) is 5. The molecule has 0 radical (unpaired) electrons. The molecule has 0 spiro atoms. The predicted octanol–water partition coefficient (Wildman–Crippen LogP) is 2.88. The van der Waals surface area contributed by atoms with Crippen LogP contribution in [0.5, 0.6) is 5.75 Å². The van der Waals surface area contributed by atoms with Gasteiger partial charge in [0.25, 0.3) is 5.56 Å². The van der Waals surface area contributed by atoms with E-state index in [-0.39, 0.29) is 18.0 Å². The maximum absolute atomic E-state index is 14.1. The number of carboxylic acids is 1. The third-order valence-electron chi connectivity index (χ3n) is 7.23. The third kappa shape index (κ3) is 4.84. The Morgan fingerprint density at radius 2 is 1.88 bits per heavy atom. The quantitative estimate of drug-likeness (QED) is 0.322. The molecule has 1 fully saturated rings. The van der Waals surface area contributed by atoms with Crippen LogP contribution >= 0.6 is 11.3 Å². The van der Waals surface area contributed by atoms with Gasteiger partial charge in [-0.3, -0.25) is 9.36 Å². The molecule has 13 heteroatoms. The van der Waals surface area contributed by atoms with Crippen molar-refractivity contribution in [2.24, 2.45) is 0 Å². The normalized spacial score (nSPS) is 15.4. The molecule has 1 saturated heterocycles. The van der Waals surface area contributed by atoms with Gasteiger partial charge in [0.2, 0.25) is 0 Å². The van der Waals surface area contributed by atoms with Crippen LogP contribution in [0.3, 0.4) is 0 Å². The molecular weight excluding hydrogens is 538 g/mol. The second-order valence-corrected chi connectivity index (χ2v) is 11.1. The molecule has 40 heavy (non-hydrogen) atoms. The lowest BCUT2D eigenvalue weighted by Gasteiger charge is -2.30. The van der Waals surface area contributed by atoms with Crippen molar-refractivity contribution in [1.29, 1.82) is 0 Å². The first-order valence-corrected chi connectivity index (χ1v) is 13.7. The number of ether oxygens (including phenoxy) is 3. The highest BCUT2D eigenvalue weighted by molar-refractivity contribution is 7.21. The minimum absolute atomic E-state index is 0.00890. The molecule has 0 unspecified atom stereocenters. The Morgan fingerprint density at radius 3 is 2.52 bits per heavy atom. The largest absolute Gasteiger partial charge is 0.496 e. The van der Waals surface area contributed by atoms with E-state index in [4.69, 9.17) is 14.2 Å². The van der Waals surface area contributed by atoms with Crippen LogP contribution in [-0.4, -0.2) is 61.6 Å². The van der Waals surface area contributed by atoms with Crippen LogP contribution in [-0.2, 0) is 26.4 Å². The number of para-hydroxylation sites is 1. The summed E-state index contributed by atoms with van der Waals surface area (Å²) in [6.07, 6.45) is 3.64. The molecule has 1 aliphatic rings. The summed E-state index contributed by atoms with van der Waals surface area (Å²) < 4.78 is 20.0. The van der Waals surface area contributed by atoms with E-state index in [1.807, 2.05) is 24.3 Å². The summed E-state index contributed by atoms with van der Waals surface area (Å²) in [6, 6.07) is 7.40. The van der Waals surface area contributed by atoms with Crippen LogP contribution in [0.15, 0.2) is 46.2 Å². The number of methoxy groups -OCH3 is 1. The zero-order valence-corrected chi connectivity index (χ0v) is 23.5. The van der Waals surface area contributed by atoms with E-state index in [1.165, 1.54) is 46.9 Å². The Hall–Kier alpha value is -3.81. The van der Waals surface area contributed by atoms with Crippen molar-refractivity contribution in [3.63, 3.8) is 0 Å². The van der Waals surface area contributed by atoms with Gasteiger partial charge in [-0.05, 0) is 39.7 Å². The van der Waals surface area contributed by atoms with Crippen molar-refractivity contribution in [2.45, 2.75) is 57.9 Å². The van der Waals surface area contributed by atoms with Crippen LogP contribution in [0.25, 0.3) is 15.2 Å². The second-order valence-electron chi connectivity index (χ2n) is 10.1. The number of thiophene rings is 1. The minimum Gasteiger partial charge on any atom is -0.496 e. The van der Waals surface area contributed by atoms with Crippen molar-refractivity contribution in [3.05, 3.63) is 68.6 Å². The van der Waals surface area contributed by atoms with Crippen molar-refractivity contribution in [1.82, 2.24) is 24.1 Å². The fourth-order valence-electron chi connectivity index (χ4n) is 4.95. The highest BCUT2D eigenvalue weighted by Gasteiger charge is 2.36. The lowest BCUT2D eigenvalue weighted by Crippen LogP contribution is -2.52. The molecule has 0 saturated carbocycles. The Balaban J connectivity index is 1.76. The van der Waals surface area contributed by atoms with Gasteiger partial charge in [0.05, 0.1) is 37.5 Å². The van der Waals surface area contributed by atoms with Gasteiger partial charge in [-0.25, -0.2) is 14.2 Å². The highest BCUT2D eigenvalue weighted by atomic mass is 32.1. The smallest absolute Gasteiger partial charge is 0.333 e. The van der Waals surface area contributed by atoms with Crippen LogP contribution in [0.4, 0.5) is 0 Å². The minimum atomic E-state index is -1.82. The van der Waals surface area contributed by atoms with Crippen molar-refractivity contribution in [2.75, 3.05) is 20.3 Å². The molecule has 0 bridgehead atoms. The number of hydrogen-bond donors (Lipinski definition) is 1. The number of benzene rings is 1. The molecule has 1 aliphatic heterocycles. The van der Waals surface area contributed by atoms with E-state index in [0.29, 0.717) is 47.2 Å². The fraction of sp³-hybridized carbons (Fsp3) is 0.444. The monoisotopic (exact) mass is 569 g/mol. The molecule has 0 aliphatic carbocycles. The van der Waals surface area contributed by atoms with E-state index in [2.05, 4.69) is 10.2 Å². The molecule has 4 aromatic rings. The molecule has 1 N–H and O–H groups in total. The van der Waals surface area contributed by atoms with E-state index >= 15 is 0 Å². The SMILES string of the molecule is COc1ccccc1[C@H](Cn1c(=O)n(C(C)(C)C(=O)O)c(=O)c2c(C)c(-n3nccn3)sc21)OC1CCOCC1. The predicted molar refractivity (Wildman–Crippen MR) is 148 cm³/mol.